The zero-order chi connectivity index (χ0) is 29.8. The predicted octanol–water partition coefficient (Wildman–Crippen LogP) is 6.10. The van der Waals surface area contributed by atoms with Crippen molar-refractivity contribution in [1.29, 1.82) is 0 Å². The molecule has 4 aromatic rings. The van der Waals surface area contributed by atoms with E-state index < -0.39 is 30.7 Å². The molecule has 0 N–H and O–H groups in total. The number of hydrogen-bond acceptors (Lipinski definition) is 7. The lowest BCUT2D eigenvalue weighted by Gasteiger charge is -2.45. The van der Waals surface area contributed by atoms with Crippen LogP contribution in [-0.2, 0) is 59.6 Å². The van der Waals surface area contributed by atoms with Crippen molar-refractivity contribution in [3.8, 4) is 0 Å². The smallest absolute Gasteiger partial charge is 0.187 e. The van der Waals surface area contributed by atoms with Crippen molar-refractivity contribution < 1.29 is 33.2 Å². The van der Waals surface area contributed by atoms with Crippen molar-refractivity contribution in [2.24, 2.45) is 0 Å². The van der Waals surface area contributed by atoms with Gasteiger partial charge in [-0.25, -0.2) is 0 Å². The van der Waals surface area contributed by atoms with Crippen LogP contribution < -0.4 is 0 Å². The molecule has 2 fully saturated rings. The summed E-state index contributed by atoms with van der Waals surface area (Å²) in [6.45, 7) is 3.00. The second-order valence-electron chi connectivity index (χ2n) is 11.1. The summed E-state index contributed by atoms with van der Waals surface area (Å²) in [6.07, 6.45) is -2.67. The fourth-order valence-electron chi connectivity index (χ4n) is 5.25. The normalized spacial score (nSPS) is 24.6. The van der Waals surface area contributed by atoms with Gasteiger partial charge in [-0.3, -0.25) is 0 Å². The fourth-order valence-corrected chi connectivity index (χ4v) is 5.25. The molecule has 7 heteroatoms. The number of rotatable bonds is 16. The van der Waals surface area contributed by atoms with Crippen LogP contribution in [0, 0.1) is 0 Å². The Kier molecular flexibility index (Phi) is 11.2. The van der Waals surface area contributed by atoms with E-state index in [2.05, 4.69) is 24.3 Å². The molecular weight excluding hydrogens is 556 g/mol. The van der Waals surface area contributed by atoms with Crippen molar-refractivity contribution in [1.82, 2.24) is 0 Å². The van der Waals surface area contributed by atoms with Gasteiger partial charge in [-0.1, -0.05) is 121 Å². The van der Waals surface area contributed by atoms with E-state index in [4.69, 9.17) is 33.2 Å². The monoisotopic (exact) mass is 596 g/mol. The molecule has 6 atom stereocenters. The number of hydrogen-bond donors (Lipinski definition) is 0. The highest BCUT2D eigenvalue weighted by Crippen LogP contribution is 2.32. The standard InChI is InChI=1S/C37H40O7/c1-5-13-28(14-6-1)21-38-27-33-34(40-22-29-15-7-2-8-16-29)35(41-23-30-17-9-3-10-18-30)36(37(44-33)43-26-32-25-39-32)42-24-31-19-11-4-12-20-31/h1-20,32-37H,21-27H2/t32?,33-,34-,35+,36-,37-/m1/s1. The molecule has 230 valence electrons. The summed E-state index contributed by atoms with van der Waals surface area (Å²) in [6, 6.07) is 40.4. The average Bonchev–Trinajstić information content (AvgIpc) is 3.92. The Morgan fingerprint density at radius 2 is 0.909 bits per heavy atom. The molecule has 0 spiro atoms. The maximum atomic E-state index is 6.72. The van der Waals surface area contributed by atoms with E-state index in [0.717, 1.165) is 22.3 Å². The molecule has 4 aromatic carbocycles. The second-order valence-corrected chi connectivity index (χ2v) is 11.1. The molecule has 44 heavy (non-hydrogen) atoms. The van der Waals surface area contributed by atoms with Crippen molar-refractivity contribution >= 4 is 0 Å². The Balaban J connectivity index is 1.26. The van der Waals surface area contributed by atoms with E-state index >= 15 is 0 Å². The number of benzene rings is 4. The minimum atomic E-state index is -0.703. The molecule has 0 aromatic heterocycles. The van der Waals surface area contributed by atoms with Crippen LogP contribution in [0.3, 0.4) is 0 Å². The van der Waals surface area contributed by atoms with E-state index in [1.807, 2.05) is 97.1 Å². The summed E-state index contributed by atoms with van der Waals surface area (Å²) < 4.78 is 44.6. The first-order chi connectivity index (χ1) is 21.8. The number of epoxide rings is 1. The van der Waals surface area contributed by atoms with Crippen LogP contribution in [0.2, 0.25) is 0 Å². The molecule has 2 saturated heterocycles. The van der Waals surface area contributed by atoms with Crippen molar-refractivity contribution in [3.63, 3.8) is 0 Å². The molecular formula is C37H40O7. The SMILES string of the molecule is c1ccc(COC[C@H]2O[C@@H](OCC3CO3)[C@H](OCc3ccccc3)[C@@H](OCc3ccccc3)[C@@H]2OCc2ccccc2)cc1. The van der Waals surface area contributed by atoms with E-state index in [0.29, 0.717) is 46.2 Å². The zero-order valence-electron chi connectivity index (χ0n) is 24.8. The molecule has 6 rings (SSSR count). The lowest BCUT2D eigenvalue weighted by Crippen LogP contribution is -2.62. The van der Waals surface area contributed by atoms with Crippen molar-refractivity contribution in [3.05, 3.63) is 144 Å². The molecule has 7 nitrogen and oxygen atoms in total. The molecule has 0 radical (unpaired) electrons. The van der Waals surface area contributed by atoms with E-state index in [1.165, 1.54) is 0 Å². The van der Waals surface area contributed by atoms with Crippen LogP contribution >= 0.6 is 0 Å². The molecule has 2 aliphatic rings. The van der Waals surface area contributed by atoms with E-state index in [9.17, 15) is 0 Å². The maximum Gasteiger partial charge on any atom is 0.187 e. The van der Waals surface area contributed by atoms with Gasteiger partial charge in [-0.05, 0) is 22.3 Å². The van der Waals surface area contributed by atoms with Gasteiger partial charge < -0.3 is 33.2 Å². The van der Waals surface area contributed by atoms with Crippen LogP contribution in [-0.4, -0.2) is 56.6 Å². The summed E-state index contributed by atoms with van der Waals surface area (Å²) in [5.41, 5.74) is 4.26. The highest BCUT2D eigenvalue weighted by Gasteiger charge is 2.49. The molecule has 0 saturated carbocycles. The van der Waals surface area contributed by atoms with E-state index in [1.54, 1.807) is 0 Å². The first-order valence-corrected chi connectivity index (χ1v) is 15.3. The van der Waals surface area contributed by atoms with Gasteiger partial charge in [0, 0.05) is 0 Å². The third-order valence-corrected chi connectivity index (χ3v) is 7.69. The summed E-state index contributed by atoms with van der Waals surface area (Å²) in [7, 11) is 0. The van der Waals surface area contributed by atoms with Crippen LogP contribution in [0.15, 0.2) is 121 Å². The Morgan fingerprint density at radius 3 is 1.39 bits per heavy atom. The van der Waals surface area contributed by atoms with Crippen LogP contribution in [0.5, 0.6) is 0 Å². The quantitative estimate of drug-likeness (QED) is 0.145. The number of ether oxygens (including phenoxy) is 7. The minimum Gasteiger partial charge on any atom is -0.374 e. The Morgan fingerprint density at radius 1 is 0.477 bits per heavy atom. The summed E-state index contributed by atoms with van der Waals surface area (Å²) in [5.74, 6) is 0. The van der Waals surface area contributed by atoms with Crippen LogP contribution in [0.4, 0.5) is 0 Å². The summed E-state index contributed by atoms with van der Waals surface area (Å²) >= 11 is 0. The topological polar surface area (TPSA) is 67.9 Å². The molecule has 0 bridgehead atoms. The van der Waals surface area contributed by atoms with Gasteiger partial charge in [0.25, 0.3) is 0 Å². The summed E-state index contributed by atoms with van der Waals surface area (Å²) in [5, 5.41) is 0. The van der Waals surface area contributed by atoms with E-state index in [-0.39, 0.29) is 6.10 Å². The van der Waals surface area contributed by atoms with Gasteiger partial charge in [-0.2, -0.15) is 0 Å². The molecule has 0 amide bonds. The fraction of sp³-hybridized carbons (Fsp3) is 0.351. The van der Waals surface area contributed by atoms with Crippen LogP contribution in [0.1, 0.15) is 22.3 Å². The predicted molar refractivity (Wildman–Crippen MR) is 166 cm³/mol. The molecule has 0 aliphatic carbocycles. The average molecular weight is 597 g/mol. The first-order valence-electron chi connectivity index (χ1n) is 15.3. The van der Waals surface area contributed by atoms with Gasteiger partial charge in [0.1, 0.15) is 30.5 Å². The second kappa shape index (κ2) is 16.1. The highest BCUT2D eigenvalue weighted by molar-refractivity contribution is 5.16. The minimum absolute atomic E-state index is 0.0666. The van der Waals surface area contributed by atoms with Crippen molar-refractivity contribution in [2.45, 2.75) is 63.2 Å². The van der Waals surface area contributed by atoms with Crippen molar-refractivity contribution in [2.75, 3.05) is 19.8 Å². The lowest BCUT2D eigenvalue weighted by atomic mass is 9.97. The van der Waals surface area contributed by atoms with Gasteiger partial charge in [0.2, 0.25) is 0 Å². The first kappa shape index (κ1) is 30.6. The zero-order valence-corrected chi connectivity index (χ0v) is 24.8. The molecule has 1 unspecified atom stereocenters. The Bertz CT molecular complexity index is 1350. The van der Waals surface area contributed by atoms with Gasteiger partial charge in [0.05, 0.1) is 46.2 Å². The summed E-state index contributed by atoms with van der Waals surface area (Å²) in [4.78, 5) is 0. The Labute approximate surface area is 259 Å². The third kappa shape index (κ3) is 9.06. The molecule has 2 aliphatic heterocycles. The maximum absolute atomic E-state index is 6.72. The van der Waals surface area contributed by atoms with Gasteiger partial charge in [-0.15, -0.1) is 0 Å². The Hall–Kier alpha value is -3.40. The molecule has 2 heterocycles. The van der Waals surface area contributed by atoms with Crippen LogP contribution in [0.25, 0.3) is 0 Å². The third-order valence-electron chi connectivity index (χ3n) is 7.69. The van der Waals surface area contributed by atoms with Gasteiger partial charge >= 0.3 is 0 Å². The lowest BCUT2D eigenvalue weighted by molar-refractivity contribution is -0.328. The largest absolute Gasteiger partial charge is 0.374 e. The highest BCUT2D eigenvalue weighted by atomic mass is 16.7. The van der Waals surface area contributed by atoms with Gasteiger partial charge in [0.15, 0.2) is 6.29 Å².